The molecule has 4 aliphatic rings. The molecule has 15 heteroatoms. The molecule has 2 saturated heterocycles. The number of nitrogens with zero attached hydrogens (tertiary/aromatic N) is 3. The maximum absolute atomic E-state index is 14.9. The van der Waals surface area contributed by atoms with Crippen molar-refractivity contribution in [1.82, 2.24) is 24.4 Å². The van der Waals surface area contributed by atoms with E-state index >= 15 is 0 Å². The van der Waals surface area contributed by atoms with Crippen LogP contribution >= 0.6 is 0 Å². The van der Waals surface area contributed by atoms with Gasteiger partial charge in [-0.25, -0.2) is 17.6 Å². The summed E-state index contributed by atoms with van der Waals surface area (Å²) < 4.78 is 43.5. The van der Waals surface area contributed by atoms with Crippen LogP contribution in [0.1, 0.15) is 77.2 Å². The Morgan fingerprint density at radius 1 is 1.04 bits per heavy atom. The number of benzene rings is 2. The van der Waals surface area contributed by atoms with Crippen molar-refractivity contribution in [2.75, 3.05) is 19.6 Å². The molecule has 2 saturated carbocycles. The van der Waals surface area contributed by atoms with Crippen molar-refractivity contribution >= 4 is 61.5 Å². The number of likely N-dealkylation sites (tertiary alicyclic amines) is 2. The van der Waals surface area contributed by atoms with Crippen molar-refractivity contribution in [3.8, 4) is 0 Å². The van der Waals surface area contributed by atoms with Crippen molar-refractivity contribution in [2.24, 2.45) is 23.0 Å². The van der Waals surface area contributed by atoms with E-state index in [9.17, 15) is 36.8 Å². The molecule has 294 valence electrons. The Bertz CT molecular complexity index is 2210. The predicted octanol–water partition coefficient (Wildman–Crippen LogP) is 4.09. The Morgan fingerprint density at radius 2 is 1.75 bits per heavy atom. The Kier molecular flexibility index (Phi) is 9.83. The fourth-order valence-corrected chi connectivity index (χ4v) is 9.96. The normalized spacial score (nSPS) is 26.1. The summed E-state index contributed by atoms with van der Waals surface area (Å²) in [6.45, 7) is 9.69. The van der Waals surface area contributed by atoms with Crippen LogP contribution in [0.15, 0.2) is 55.1 Å². The third-order valence-electron chi connectivity index (χ3n) is 12.0. The van der Waals surface area contributed by atoms with Crippen LogP contribution < -0.4 is 15.8 Å². The number of halogens is 1. The number of rotatable bonds is 10. The van der Waals surface area contributed by atoms with Crippen molar-refractivity contribution in [2.45, 2.75) is 94.6 Å². The lowest BCUT2D eigenvalue weighted by Crippen LogP contribution is -2.57. The minimum Gasteiger partial charge on any atom is -0.351 e. The molecule has 2 aromatic carbocycles. The molecule has 0 spiro atoms. The van der Waals surface area contributed by atoms with Gasteiger partial charge in [0.15, 0.2) is 0 Å². The highest BCUT2D eigenvalue weighted by Crippen LogP contribution is 2.47. The maximum Gasteiger partial charge on any atom is 0.323 e. The summed E-state index contributed by atoms with van der Waals surface area (Å²) in [4.78, 5) is 72.6. The van der Waals surface area contributed by atoms with E-state index in [4.69, 9.17) is 5.73 Å². The van der Waals surface area contributed by atoms with Crippen LogP contribution in [0, 0.1) is 17.3 Å². The fraction of sp³-hybridized carbons (Fsp3) is 0.525. The van der Waals surface area contributed by atoms with Crippen molar-refractivity contribution < 1.29 is 36.8 Å². The van der Waals surface area contributed by atoms with E-state index in [0.29, 0.717) is 48.8 Å². The lowest BCUT2D eigenvalue weighted by atomic mass is 9.77. The van der Waals surface area contributed by atoms with Gasteiger partial charge in [0.1, 0.15) is 17.8 Å². The second kappa shape index (κ2) is 14.1. The van der Waals surface area contributed by atoms with E-state index in [2.05, 4.69) is 16.6 Å². The average Bonchev–Trinajstić information content (AvgIpc) is 4.04. The topological polar surface area (TPSA) is 181 Å². The zero-order chi connectivity index (χ0) is 39.6. The molecule has 13 nitrogen and oxygen atoms in total. The molecule has 7 rings (SSSR count). The molecule has 6 atom stereocenters. The summed E-state index contributed by atoms with van der Waals surface area (Å²) >= 11 is 0. The Balaban J connectivity index is 1.26. The van der Waals surface area contributed by atoms with E-state index in [-0.39, 0.29) is 38.3 Å². The number of sulfonamides is 1. The van der Waals surface area contributed by atoms with Crippen molar-refractivity contribution in [3.05, 3.63) is 60.7 Å². The molecule has 2 aliphatic heterocycles. The molecule has 3 aromatic rings. The van der Waals surface area contributed by atoms with Gasteiger partial charge in [-0.3, -0.25) is 28.5 Å². The zero-order valence-electron chi connectivity index (χ0n) is 31.4. The van der Waals surface area contributed by atoms with E-state index in [0.717, 1.165) is 10.8 Å². The van der Waals surface area contributed by atoms with Gasteiger partial charge >= 0.3 is 6.03 Å². The van der Waals surface area contributed by atoms with E-state index < -0.39 is 79.9 Å². The molecule has 3 heterocycles. The maximum atomic E-state index is 14.9. The van der Waals surface area contributed by atoms with Crippen molar-refractivity contribution in [1.29, 1.82) is 0 Å². The summed E-state index contributed by atoms with van der Waals surface area (Å²) in [6, 6.07) is 11.1. The van der Waals surface area contributed by atoms with Crippen LogP contribution in [-0.4, -0.2) is 95.1 Å². The smallest absolute Gasteiger partial charge is 0.323 e. The first-order valence-electron chi connectivity index (χ1n) is 19.0. The van der Waals surface area contributed by atoms with Crippen molar-refractivity contribution in [3.63, 3.8) is 0 Å². The summed E-state index contributed by atoms with van der Waals surface area (Å²) in [5.74, 6) is -4.25. The van der Waals surface area contributed by atoms with Gasteiger partial charge in [-0.05, 0) is 55.6 Å². The number of para-hydroxylation sites is 2. The molecule has 4 N–H and O–H groups in total. The largest absolute Gasteiger partial charge is 0.351 e. The first kappa shape index (κ1) is 38.5. The lowest BCUT2D eigenvalue weighted by molar-refractivity contribution is -0.149. The second-order valence-electron chi connectivity index (χ2n) is 16.8. The Morgan fingerprint density at radius 3 is 2.38 bits per heavy atom. The summed E-state index contributed by atoms with van der Waals surface area (Å²) in [5, 5.41) is 3.74. The summed E-state index contributed by atoms with van der Waals surface area (Å²) in [7, 11) is -3.93. The van der Waals surface area contributed by atoms with Gasteiger partial charge < -0.3 is 20.9 Å². The third kappa shape index (κ3) is 7.11. The summed E-state index contributed by atoms with van der Waals surface area (Å²) in [6.07, 6.45) is 2.16. The monoisotopic (exact) mass is 776 g/mol. The van der Waals surface area contributed by atoms with Crippen LogP contribution in [0.5, 0.6) is 0 Å². The predicted molar refractivity (Wildman–Crippen MR) is 205 cm³/mol. The third-order valence-corrected chi connectivity index (χ3v) is 13.8. The molecular weight excluding hydrogens is 728 g/mol. The van der Waals surface area contributed by atoms with Gasteiger partial charge in [-0.1, -0.05) is 63.2 Å². The molecule has 1 aromatic heterocycles. The minimum absolute atomic E-state index is 0.0352. The number of nitrogens with two attached hydrogens (primary N) is 1. The highest BCUT2D eigenvalue weighted by molar-refractivity contribution is 7.91. The molecule has 0 bridgehead atoms. The van der Waals surface area contributed by atoms with Gasteiger partial charge in [0, 0.05) is 42.1 Å². The number of fused-ring (bicyclic) bond motifs is 3. The van der Waals surface area contributed by atoms with Gasteiger partial charge in [0.2, 0.25) is 27.7 Å². The first-order valence-corrected chi connectivity index (χ1v) is 20.6. The number of primary amides is 1. The number of nitrogens with one attached hydrogen (secondary N) is 2. The van der Waals surface area contributed by atoms with Gasteiger partial charge in [-0.2, -0.15) is 0 Å². The number of hydrogen-bond acceptors (Lipinski definition) is 7. The van der Waals surface area contributed by atoms with Gasteiger partial charge in [0.25, 0.3) is 5.91 Å². The quantitative estimate of drug-likeness (QED) is 0.260. The highest BCUT2D eigenvalue weighted by Gasteiger charge is 2.62. The van der Waals surface area contributed by atoms with Gasteiger partial charge in [0.05, 0.1) is 28.7 Å². The standard InChI is InChI=1S/C40H49FN6O7S/c1-5-24-20-40(24,37(51)44-55(53,54)26-15-16-26)43-35(49)32-18-23(27-12-8-13-29-28-11-6-7-14-31(28)47(34(27)29)38(42)52)21-46(32)36(50)30(39(2,3)4)19-33(48)45-17-9-10-25(41)22-45/h5-8,11-14,23-26,30,32H,1,9-10,15-22H2,2-4H3,(H2,42,52)(H,43,49)(H,44,51)/t23-,24+,25?,30+,32-,40+/m0/s1. The number of carbonyl (C=O) groups excluding carboxylic acids is 5. The number of carbonyl (C=O) groups is 5. The van der Waals surface area contributed by atoms with Crippen LogP contribution in [0.25, 0.3) is 21.8 Å². The highest BCUT2D eigenvalue weighted by atomic mass is 32.2. The molecule has 5 amide bonds. The van der Waals surface area contributed by atoms with Crippen LogP contribution in [0.2, 0.25) is 0 Å². The van der Waals surface area contributed by atoms with Crippen LogP contribution in [0.3, 0.4) is 0 Å². The minimum atomic E-state index is -3.93. The van der Waals surface area contributed by atoms with Gasteiger partial charge in [-0.15, -0.1) is 6.58 Å². The first-order chi connectivity index (χ1) is 26.0. The average molecular weight is 777 g/mol. The number of amides is 5. The number of aromatic nitrogens is 1. The van der Waals surface area contributed by atoms with E-state index in [1.807, 2.05) is 51.1 Å². The molecule has 0 radical (unpaired) electrons. The molecule has 55 heavy (non-hydrogen) atoms. The summed E-state index contributed by atoms with van der Waals surface area (Å²) in [5.41, 5.74) is 5.47. The van der Waals surface area contributed by atoms with Crippen LogP contribution in [0.4, 0.5) is 9.18 Å². The second-order valence-corrected chi connectivity index (χ2v) is 18.7. The number of hydrogen-bond donors (Lipinski definition) is 3. The molecule has 2 aliphatic carbocycles. The van der Waals surface area contributed by atoms with E-state index in [1.165, 1.54) is 20.4 Å². The molecule has 4 fully saturated rings. The fourth-order valence-electron chi connectivity index (χ4n) is 8.60. The molecular formula is C40H49FN6O7S. The number of piperidine rings is 1. The zero-order valence-corrected chi connectivity index (χ0v) is 32.2. The van der Waals surface area contributed by atoms with E-state index in [1.54, 1.807) is 12.1 Å². The Hall–Kier alpha value is -4.79. The number of alkyl halides is 1. The lowest BCUT2D eigenvalue weighted by Gasteiger charge is -2.37. The Labute approximate surface area is 319 Å². The molecule has 1 unspecified atom stereocenters. The SMILES string of the molecule is C=C[C@@H]1C[C@]1(NC(=O)[C@@H]1C[C@H](c2cccc3c4ccccc4n(C(N)=O)c23)CN1C(=O)[C@@H](CC(=O)N1CCCC(F)C1)C(C)(C)C)C(=O)NS(=O)(=O)C1CC1. The van der Waals surface area contributed by atoms with Crippen LogP contribution in [-0.2, 0) is 29.2 Å².